The third-order valence-corrected chi connectivity index (χ3v) is 6.11. The number of rotatable bonds is 10. The highest BCUT2D eigenvalue weighted by molar-refractivity contribution is 7.21. The lowest BCUT2D eigenvalue weighted by molar-refractivity contribution is -0.129. The highest BCUT2D eigenvalue weighted by Crippen LogP contribution is 2.36. The first-order valence-corrected chi connectivity index (χ1v) is 10.6. The predicted molar refractivity (Wildman–Crippen MR) is 115 cm³/mol. The van der Waals surface area contributed by atoms with E-state index in [9.17, 15) is 4.79 Å². The molecule has 0 aliphatic heterocycles. The Kier molecular flexibility index (Phi) is 7.80. The normalized spacial score (nSPS) is 11.1. The molecule has 0 spiro atoms. The summed E-state index contributed by atoms with van der Waals surface area (Å²) in [7, 11) is 0. The lowest BCUT2D eigenvalue weighted by Gasteiger charge is -2.07. The Hall–Kier alpha value is -1.99. The summed E-state index contributed by atoms with van der Waals surface area (Å²) >= 11 is 8.29. The number of pyridine rings is 1. The van der Waals surface area contributed by atoms with Crippen LogP contribution in [0.3, 0.4) is 0 Å². The number of carbonyl (C=O) groups is 1. The van der Waals surface area contributed by atoms with E-state index in [0.717, 1.165) is 53.0 Å². The van der Waals surface area contributed by atoms with Crippen molar-refractivity contribution in [3.63, 3.8) is 0 Å². The summed E-state index contributed by atoms with van der Waals surface area (Å²) in [6, 6.07) is 12.4. The van der Waals surface area contributed by atoms with Crippen molar-refractivity contribution in [2.24, 2.45) is 0 Å². The van der Waals surface area contributed by atoms with Crippen LogP contribution in [0.1, 0.15) is 37.7 Å². The van der Waals surface area contributed by atoms with Gasteiger partial charge in [0.15, 0.2) is 0 Å². The number of amides is 1. The van der Waals surface area contributed by atoms with Crippen molar-refractivity contribution in [1.29, 1.82) is 0 Å². The quantitative estimate of drug-likeness (QED) is 0.242. The molecular weight excluding hydrogens is 394 g/mol. The van der Waals surface area contributed by atoms with Crippen LogP contribution in [-0.4, -0.2) is 22.6 Å². The van der Waals surface area contributed by atoms with Gasteiger partial charge in [-0.2, -0.15) is 0 Å². The van der Waals surface area contributed by atoms with Crippen LogP contribution >= 0.6 is 22.9 Å². The van der Waals surface area contributed by atoms with Gasteiger partial charge in [0.1, 0.15) is 4.83 Å². The van der Waals surface area contributed by atoms with Gasteiger partial charge in [-0.1, -0.05) is 54.8 Å². The minimum Gasteiger partial charge on any atom is -0.313 e. The molecule has 0 unspecified atom stereocenters. The molecule has 0 atom stereocenters. The molecule has 0 aliphatic carbocycles. The average Bonchev–Trinajstić information content (AvgIpc) is 3.17. The molecular formula is C21H24ClN3O2S. The Bertz CT molecular complexity index is 915. The minimum absolute atomic E-state index is 0.320. The summed E-state index contributed by atoms with van der Waals surface area (Å²) < 4.78 is 0. The van der Waals surface area contributed by atoms with E-state index in [1.54, 1.807) is 16.8 Å². The third kappa shape index (κ3) is 5.52. The lowest BCUT2D eigenvalue weighted by Crippen LogP contribution is -2.18. The van der Waals surface area contributed by atoms with E-state index < -0.39 is 0 Å². The molecule has 3 rings (SSSR count). The Labute approximate surface area is 173 Å². The highest BCUT2D eigenvalue weighted by Gasteiger charge is 2.11. The SMILES string of the molecule is O=C(CCCCCCNCc1cnc2sc(-c3ccccc3)cc2c1Cl)NO. The van der Waals surface area contributed by atoms with Gasteiger partial charge in [-0.15, -0.1) is 11.3 Å². The van der Waals surface area contributed by atoms with Crippen molar-refractivity contribution in [3.05, 3.63) is 53.2 Å². The van der Waals surface area contributed by atoms with Crippen molar-refractivity contribution in [2.45, 2.75) is 38.6 Å². The number of hydroxylamine groups is 1. The fraction of sp³-hybridized carbons (Fsp3) is 0.333. The second-order valence-electron chi connectivity index (χ2n) is 6.67. The van der Waals surface area contributed by atoms with E-state index in [1.807, 2.05) is 24.4 Å². The van der Waals surface area contributed by atoms with E-state index in [-0.39, 0.29) is 5.91 Å². The molecule has 3 aromatic rings. The van der Waals surface area contributed by atoms with Gasteiger partial charge in [-0.05, 0) is 31.0 Å². The first kappa shape index (κ1) is 20.7. The predicted octanol–water partition coefficient (Wildman–Crippen LogP) is 5.16. The standard InChI is InChI=1S/C21H24ClN3O2S/c22-20-16(13-23-11-7-2-1-6-10-19(26)25-27)14-24-21-17(20)12-18(28-21)15-8-4-3-5-9-15/h3-5,8-9,12,14,23,27H,1-2,6-7,10-11,13H2,(H,25,26). The Morgan fingerprint density at radius 1 is 1.14 bits per heavy atom. The number of hydrogen-bond donors (Lipinski definition) is 3. The summed E-state index contributed by atoms with van der Waals surface area (Å²) in [6.07, 6.45) is 6.07. The molecule has 5 nitrogen and oxygen atoms in total. The molecule has 2 aromatic heterocycles. The molecule has 0 aliphatic rings. The zero-order chi connectivity index (χ0) is 19.8. The summed E-state index contributed by atoms with van der Waals surface area (Å²) in [5, 5.41) is 13.6. The molecule has 0 saturated heterocycles. The van der Waals surface area contributed by atoms with Gasteiger partial charge in [0, 0.05) is 35.0 Å². The van der Waals surface area contributed by atoms with E-state index in [1.165, 1.54) is 10.4 Å². The number of nitrogens with zero attached hydrogens (tertiary/aromatic N) is 1. The molecule has 1 amide bonds. The second-order valence-corrected chi connectivity index (χ2v) is 8.08. The van der Waals surface area contributed by atoms with Crippen molar-refractivity contribution < 1.29 is 10.0 Å². The van der Waals surface area contributed by atoms with Crippen molar-refractivity contribution in [2.75, 3.05) is 6.54 Å². The van der Waals surface area contributed by atoms with Crippen LogP contribution < -0.4 is 10.8 Å². The van der Waals surface area contributed by atoms with Crippen LogP contribution in [0.25, 0.3) is 20.7 Å². The second kappa shape index (κ2) is 10.5. The van der Waals surface area contributed by atoms with Gasteiger partial charge in [0.25, 0.3) is 0 Å². The van der Waals surface area contributed by atoms with Gasteiger partial charge in [0.2, 0.25) is 5.91 Å². The van der Waals surface area contributed by atoms with Crippen LogP contribution in [0.4, 0.5) is 0 Å². The maximum Gasteiger partial charge on any atom is 0.243 e. The molecule has 0 bridgehead atoms. The number of nitrogens with one attached hydrogen (secondary N) is 2. The third-order valence-electron chi connectivity index (χ3n) is 4.57. The first-order chi connectivity index (χ1) is 13.7. The molecule has 28 heavy (non-hydrogen) atoms. The van der Waals surface area contributed by atoms with Crippen LogP contribution in [0.5, 0.6) is 0 Å². The molecule has 148 valence electrons. The van der Waals surface area contributed by atoms with Crippen molar-refractivity contribution in [1.82, 2.24) is 15.8 Å². The van der Waals surface area contributed by atoms with E-state index in [0.29, 0.717) is 13.0 Å². The number of aromatic nitrogens is 1. The Morgan fingerprint density at radius 2 is 1.93 bits per heavy atom. The zero-order valence-electron chi connectivity index (χ0n) is 15.6. The molecule has 2 heterocycles. The van der Waals surface area contributed by atoms with Crippen molar-refractivity contribution >= 4 is 39.1 Å². The summed E-state index contributed by atoms with van der Waals surface area (Å²) in [4.78, 5) is 17.6. The molecule has 1 aromatic carbocycles. The molecule has 0 radical (unpaired) electrons. The zero-order valence-corrected chi connectivity index (χ0v) is 17.2. The summed E-state index contributed by atoms with van der Waals surface area (Å²) in [6.45, 7) is 1.57. The molecule has 7 heteroatoms. The number of halogens is 1. The summed E-state index contributed by atoms with van der Waals surface area (Å²) in [5.74, 6) is -0.320. The van der Waals surface area contributed by atoms with Crippen LogP contribution in [-0.2, 0) is 11.3 Å². The van der Waals surface area contributed by atoms with Gasteiger partial charge in [-0.3, -0.25) is 10.0 Å². The Morgan fingerprint density at radius 3 is 2.71 bits per heavy atom. The van der Waals surface area contributed by atoms with Gasteiger partial charge in [-0.25, -0.2) is 10.5 Å². The number of unbranched alkanes of at least 4 members (excludes halogenated alkanes) is 3. The van der Waals surface area contributed by atoms with Crippen LogP contribution in [0.15, 0.2) is 42.6 Å². The molecule has 0 saturated carbocycles. The summed E-state index contributed by atoms with van der Waals surface area (Å²) in [5.41, 5.74) is 3.84. The number of carbonyl (C=O) groups excluding carboxylic acids is 1. The number of fused-ring (bicyclic) bond motifs is 1. The number of benzene rings is 1. The van der Waals surface area contributed by atoms with Gasteiger partial charge >= 0.3 is 0 Å². The minimum atomic E-state index is -0.320. The average molecular weight is 418 g/mol. The van der Waals surface area contributed by atoms with E-state index in [2.05, 4.69) is 28.5 Å². The van der Waals surface area contributed by atoms with E-state index >= 15 is 0 Å². The fourth-order valence-electron chi connectivity index (χ4n) is 3.04. The number of hydrogen-bond acceptors (Lipinski definition) is 5. The Balaban J connectivity index is 1.49. The van der Waals surface area contributed by atoms with Gasteiger partial charge < -0.3 is 5.32 Å². The maximum absolute atomic E-state index is 10.9. The molecule has 3 N–H and O–H groups in total. The monoisotopic (exact) mass is 417 g/mol. The smallest absolute Gasteiger partial charge is 0.243 e. The molecule has 0 fully saturated rings. The first-order valence-electron chi connectivity index (χ1n) is 9.45. The van der Waals surface area contributed by atoms with Crippen LogP contribution in [0.2, 0.25) is 5.02 Å². The lowest BCUT2D eigenvalue weighted by atomic mass is 10.1. The topological polar surface area (TPSA) is 74.2 Å². The van der Waals surface area contributed by atoms with E-state index in [4.69, 9.17) is 16.8 Å². The number of thiophene rings is 1. The van der Waals surface area contributed by atoms with Crippen molar-refractivity contribution in [3.8, 4) is 10.4 Å². The fourth-order valence-corrected chi connectivity index (χ4v) is 4.37. The largest absolute Gasteiger partial charge is 0.313 e. The maximum atomic E-state index is 10.9. The van der Waals surface area contributed by atoms with Gasteiger partial charge in [0.05, 0.1) is 5.02 Å². The van der Waals surface area contributed by atoms with Crippen LogP contribution in [0, 0.1) is 0 Å². The highest BCUT2D eigenvalue weighted by atomic mass is 35.5.